The number of aromatic hydroxyl groups is 1. The molecule has 21 heavy (non-hydrogen) atoms. The summed E-state index contributed by atoms with van der Waals surface area (Å²) in [5, 5.41) is 10.1. The minimum Gasteiger partial charge on any atom is -0.506 e. The number of phenolic OH excluding ortho intramolecular Hbond substituents is 1. The Labute approximate surface area is 150 Å². The van der Waals surface area contributed by atoms with Gasteiger partial charge in [-0.25, -0.2) is 0 Å². The van der Waals surface area contributed by atoms with E-state index in [-0.39, 0.29) is 35.0 Å². The average Bonchev–Trinajstić information content (AvgIpc) is 2.83. The highest BCUT2D eigenvalue weighted by Gasteiger charge is 2.38. The SMILES string of the molecule is COC(=O)C1CN(C(=O)c2cc(I)cc(I)c2O)CC1C. The number of carbonyl (C=O) groups is 2. The third-order valence-electron chi connectivity index (χ3n) is 3.66. The van der Waals surface area contributed by atoms with Gasteiger partial charge in [-0.2, -0.15) is 0 Å². The van der Waals surface area contributed by atoms with Crippen LogP contribution in [0.1, 0.15) is 17.3 Å². The molecule has 0 saturated carbocycles. The summed E-state index contributed by atoms with van der Waals surface area (Å²) in [5.41, 5.74) is 0.281. The number of esters is 1. The Morgan fingerprint density at radius 3 is 2.62 bits per heavy atom. The van der Waals surface area contributed by atoms with E-state index in [0.717, 1.165) is 3.57 Å². The van der Waals surface area contributed by atoms with Crippen molar-refractivity contribution in [1.82, 2.24) is 4.90 Å². The number of halogens is 2. The van der Waals surface area contributed by atoms with Crippen molar-refractivity contribution in [3.05, 3.63) is 24.8 Å². The van der Waals surface area contributed by atoms with Gasteiger partial charge >= 0.3 is 5.97 Å². The first-order valence-corrected chi connectivity index (χ1v) is 8.56. The van der Waals surface area contributed by atoms with Gasteiger partial charge in [0.2, 0.25) is 0 Å². The van der Waals surface area contributed by atoms with Crippen molar-refractivity contribution in [1.29, 1.82) is 0 Å². The normalized spacial score (nSPS) is 21.4. The van der Waals surface area contributed by atoms with E-state index in [9.17, 15) is 14.7 Å². The van der Waals surface area contributed by atoms with Crippen LogP contribution in [0.2, 0.25) is 0 Å². The van der Waals surface area contributed by atoms with Crippen molar-refractivity contribution in [3.8, 4) is 5.75 Å². The van der Waals surface area contributed by atoms with Gasteiger partial charge in [0.1, 0.15) is 5.75 Å². The number of carbonyl (C=O) groups excluding carboxylic acids is 2. The first-order chi connectivity index (χ1) is 9.85. The van der Waals surface area contributed by atoms with Crippen LogP contribution in [0, 0.1) is 19.0 Å². The van der Waals surface area contributed by atoms with Gasteiger partial charge in [-0.1, -0.05) is 6.92 Å². The zero-order valence-electron chi connectivity index (χ0n) is 11.6. The molecular formula is C14H15I2NO4. The molecule has 0 radical (unpaired) electrons. The molecule has 2 unspecified atom stereocenters. The highest BCUT2D eigenvalue weighted by molar-refractivity contribution is 14.1. The molecule has 1 aromatic carbocycles. The molecule has 1 amide bonds. The van der Waals surface area contributed by atoms with Gasteiger partial charge in [0.15, 0.2) is 0 Å². The predicted molar refractivity (Wildman–Crippen MR) is 94.1 cm³/mol. The van der Waals surface area contributed by atoms with Gasteiger partial charge in [0.25, 0.3) is 5.91 Å². The molecule has 114 valence electrons. The number of phenols is 1. The third-order valence-corrected chi connectivity index (χ3v) is 5.11. The Balaban J connectivity index is 2.24. The first kappa shape index (κ1) is 16.8. The lowest BCUT2D eigenvalue weighted by atomic mass is 9.99. The Bertz CT molecular complexity index is 591. The molecule has 0 bridgehead atoms. The minimum absolute atomic E-state index is 0.00446. The van der Waals surface area contributed by atoms with E-state index in [1.54, 1.807) is 17.0 Å². The van der Waals surface area contributed by atoms with Crippen LogP contribution in [0.15, 0.2) is 12.1 Å². The number of ether oxygens (including phenoxy) is 1. The summed E-state index contributed by atoms with van der Waals surface area (Å²) in [6.45, 7) is 2.74. The largest absolute Gasteiger partial charge is 0.506 e. The summed E-state index contributed by atoms with van der Waals surface area (Å²) >= 11 is 4.11. The molecule has 0 spiro atoms. The Morgan fingerprint density at radius 1 is 1.33 bits per heavy atom. The van der Waals surface area contributed by atoms with Crippen molar-refractivity contribution in [3.63, 3.8) is 0 Å². The van der Waals surface area contributed by atoms with Crippen LogP contribution in [0.3, 0.4) is 0 Å². The standard InChI is InChI=1S/C14H15I2NO4/c1-7-5-17(6-10(7)14(20)21-2)13(19)9-3-8(15)4-11(16)12(9)18/h3-4,7,10,18H,5-6H2,1-2H3. The molecule has 1 fully saturated rings. The van der Waals surface area contributed by atoms with E-state index >= 15 is 0 Å². The first-order valence-electron chi connectivity index (χ1n) is 6.40. The fraction of sp³-hybridized carbons (Fsp3) is 0.429. The zero-order chi connectivity index (χ0) is 15.7. The Morgan fingerprint density at radius 2 is 2.00 bits per heavy atom. The van der Waals surface area contributed by atoms with Crippen molar-refractivity contribution < 1.29 is 19.4 Å². The average molecular weight is 515 g/mol. The summed E-state index contributed by atoms with van der Waals surface area (Å²) in [6, 6.07) is 3.47. The lowest BCUT2D eigenvalue weighted by Crippen LogP contribution is -2.30. The summed E-state index contributed by atoms with van der Waals surface area (Å²) in [7, 11) is 1.35. The van der Waals surface area contributed by atoms with E-state index in [1.165, 1.54) is 7.11 Å². The topological polar surface area (TPSA) is 66.8 Å². The van der Waals surface area contributed by atoms with Gasteiger partial charge in [0.05, 0.1) is 22.2 Å². The summed E-state index contributed by atoms with van der Waals surface area (Å²) in [5.74, 6) is -0.801. The van der Waals surface area contributed by atoms with E-state index in [1.807, 2.05) is 29.5 Å². The molecule has 1 aliphatic heterocycles. The van der Waals surface area contributed by atoms with Crippen LogP contribution in [0.25, 0.3) is 0 Å². The monoisotopic (exact) mass is 515 g/mol. The molecule has 1 aliphatic rings. The molecule has 1 N–H and O–H groups in total. The van der Waals surface area contributed by atoms with Crippen molar-refractivity contribution >= 4 is 57.1 Å². The van der Waals surface area contributed by atoms with E-state index in [2.05, 4.69) is 22.6 Å². The van der Waals surface area contributed by atoms with Crippen LogP contribution >= 0.6 is 45.2 Å². The molecule has 7 heteroatoms. The zero-order valence-corrected chi connectivity index (χ0v) is 15.9. The minimum atomic E-state index is -0.303. The van der Waals surface area contributed by atoms with Crippen molar-refractivity contribution in [2.75, 3.05) is 20.2 Å². The Kier molecular flexibility index (Phi) is 5.33. The maximum absolute atomic E-state index is 12.6. The van der Waals surface area contributed by atoms with Crippen LogP contribution in [0.5, 0.6) is 5.75 Å². The van der Waals surface area contributed by atoms with Crippen molar-refractivity contribution in [2.24, 2.45) is 11.8 Å². The number of hydrogen-bond acceptors (Lipinski definition) is 4. The number of likely N-dealkylation sites (tertiary alicyclic amines) is 1. The van der Waals surface area contributed by atoms with Gasteiger partial charge < -0.3 is 14.7 Å². The van der Waals surface area contributed by atoms with Gasteiger partial charge in [0, 0.05) is 16.7 Å². The molecule has 0 aromatic heterocycles. The lowest BCUT2D eigenvalue weighted by molar-refractivity contribution is -0.146. The second-order valence-corrected chi connectivity index (χ2v) is 7.51. The summed E-state index contributed by atoms with van der Waals surface area (Å²) in [6.07, 6.45) is 0. The lowest BCUT2D eigenvalue weighted by Gasteiger charge is -2.17. The molecule has 2 atom stereocenters. The summed E-state index contributed by atoms with van der Waals surface area (Å²) < 4.78 is 6.29. The third kappa shape index (κ3) is 3.43. The highest BCUT2D eigenvalue weighted by atomic mass is 127. The fourth-order valence-corrected chi connectivity index (χ4v) is 4.33. The maximum atomic E-state index is 12.6. The van der Waals surface area contributed by atoms with Crippen molar-refractivity contribution in [2.45, 2.75) is 6.92 Å². The Hall–Kier alpha value is -0.580. The van der Waals surface area contributed by atoms with Gasteiger partial charge in [-0.15, -0.1) is 0 Å². The second kappa shape index (κ2) is 6.67. The number of hydrogen-bond donors (Lipinski definition) is 1. The number of benzene rings is 1. The number of methoxy groups -OCH3 is 1. The van der Waals surface area contributed by atoms with Crippen LogP contribution in [0.4, 0.5) is 0 Å². The van der Waals surface area contributed by atoms with Crippen LogP contribution in [-0.4, -0.2) is 42.1 Å². The van der Waals surface area contributed by atoms with Gasteiger partial charge in [-0.05, 0) is 63.2 Å². The number of nitrogens with zero attached hydrogens (tertiary/aromatic N) is 1. The highest BCUT2D eigenvalue weighted by Crippen LogP contribution is 2.31. The van der Waals surface area contributed by atoms with E-state index in [0.29, 0.717) is 16.7 Å². The summed E-state index contributed by atoms with van der Waals surface area (Å²) in [4.78, 5) is 25.9. The molecule has 1 heterocycles. The molecule has 0 aliphatic carbocycles. The second-order valence-electron chi connectivity index (χ2n) is 5.10. The molecule has 1 aromatic rings. The molecule has 5 nitrogen and oxygen atoms in total. The number of rotatable bonds is 2. The van der Waals surface area contributed by atoms with E-state index in [4.69, 9.17) is 4.74 Å². The molecular weight excluding hydrogens is 500 g/mol. The van der Waals surface area contributed by atoms with Gasteiger partial charge in [-0.3, -0.25) is 9.59 Å². The van der Waals surface area contributed by atoms with Crippen LogP contribution < -0.4 is 0 Å². The molecule has 1 saturated heterocycles. The fourth-order valence-electron chi connectivity index (χ4n) is 2.49. The molecule has 2 rings (SSSR count). The maximum Gasteiger partial charge on any atom is 0.310 e. The smallest absolute Gasteiger partial charge is 0.310 e. The predicted octanol–water partition coefficient (Wildman–Crippen LogP) is 2.48. The number of amides is 1. The quantitative estimate of drug-likeness (QED) is 0.486. The van der Waals surface area contributed by atoms with Crippen LogP contribution in [-0.2, 0) is 9.53 Å². The van der Waals surface area contributed by atoms with E-state index < -0.39 is 0 Å².